The third-order valence-electron chi connectivity index (χ3n) is 2.63. The van der Waals surface area contributed by atoms with E-state index in [0.717, 1.165) is 16.7 Å². The first kappa shape index (κ1) is 14.2. The van der Waals surface area contributed by atoms with Gasteiger partial charge in [0.25, 0.3) is 0 Å². The van der Waals surface area contributed by atoms with Gasteiger partial charge in [0.2, 0.25) is 0 Å². The molecule has 4 nitrogen and oxygen atoms in total. The lowest BCUT2D eigenvalue weighted by molar-refractivity contribution is 0.424. The van der Waals surface area contributed by atoms with Crippen LogP contribution in [0.25, 0.3) is 0 Å². The number of halogens is 1. The number of aromatic nitrogens is 3. The average molecular weight is 323 g/mol. The normalized spacial score (nSPS) is 11.8. The fourth-order valence-electron chi connectivity index (χ4n) is 1.61. The molecule has 0 aromatic carbocycles. The van der Waals surface area contributed by atoms with E-state index >= 15 is 0 Å². The first-order chi connectivity index (χ1) is 8.92. The van der Waals surface area contributed by atoms with Gasteiger partial charge in [-0.25, -0.2) is 0 Å². The predicted octanol–water partition coefficient (Wildman–Crippen LogP) is 2.98. The zero-order chi connectivity index (χ0) is 13.9. The average Bonchev–Trinajstić information content (AvgIpc) is 2.73. The van der Waals surface area contributed by atoms with Crippen molar-refractivity contribution in [3.8, 4) is 0 Å². The van der Waals surface area contributed by atoms with E-state index in [0.29, 0.717) is 6.54 Å². The first-order valence-corrected chi connectivity index (χ1v) is 7.08. The first-order valence-electron chi connectivity index (χ1n) is 6.29. The fraction of sp³-hybridized carbons (Fsp3) is 0.429. The predicted molar refractivity (Wildman–Crippen MR) is 79.9 cm³/mol. The Bertz CT molecular complexity index is 525. The molecule has 5 heteroatoms. The van der Waals surface area contributed by atoms with Crippen LogP contribution in [0.1, 0.15) is 32.0 Å². The highest BCUT2D eigenvalue weighted by molar-refractivity contribution is 9.10. The van der Waals surface area contributed by atoms with Gasteiger partial charge in [0.15, 0.2) is 0 Å². The van der Waals surface area contributed by atoms with Crippen molar-refractivity contribution in [2.75, 3.05) is 0 Å². The Kier molecular flexibility index (Phi) is 4.37. The molecule has 0 aliphatic rings. The summed E-state index contributed by atoms with van der Waals surface area (Å²) in [5, 5.41) is 7.67. The minimum atomic E-state index is 0.125. The molecule has 0 saturated carbocycles. The van der Waals surface area contributed by atoms with Crippen LogP contribution in [0.5, 0.6) is 0 Å². The van der Waals surface area contributed by atoms with Crippen molar-refractivity contribution in [3.63, 3.8) is 0 Å². The molecule has 0 spiro atoms. The highest BCUT2D eigenvalue weighted by Gasteiger charge is 2.08. The van der Waals surface area contributed by atoms with E-state index in [1.165, 1.54) is 5.56 Å². The van der Waals surface area contributed by atoms with Crippen LogP contribution in [0, 0.1) is 0 Å². The van der Waals surface area contributed by atoms with Gasteiger partial charge in [0.05, 0.1) is 22.9 Å². The second kappa shape index (κ2) is 5.84. The van der Waals surface area contributed by atoms with Crippen molar-refractivity contribution in [1.82, 2.24) is 20.1 Å². The molecule has 0 radical (unpaired) electrons. The Morgan fingerprint density at radius 2 is 2.05 bits per heavy atom. The van der Waals surface area contributed by atoms with Gasteiger partial charge in [-0.3, -0.25) is 9.67 Å². The standard InChI is InChI=1S/C14H19BrN4/c1-14(2,3)17-7-11-4-5-13(16-6-11)10-19-9-12(15)8-18-19/h4-6,8-9,17H,7,10H2,1-3H3. The number of hydrogen-bond donors (Lipinski definition) is 1. The van der Waals surface area contributed by atoms with Crippen molar-refractivity contribution in [2.24, 2.45) is 0 Å². The summed E-state index contributed by atoms with van der Waals surface area (Å²) in [6, 6.07) is 4.16. The zero-order valence-corrected chi connectivity index (χ0v) is 13.1. The maximum absolute atomic E-state index is 4.47. The summed E-state index contributed by atoms with van der Waals surface area (Å²) in [6.45, 7) is 8.00. The highest BCUT2D eigenvalue weighted by atomic mass is 79.9. The molecule has 0 amide bonds. The second-order valence-corrected chi connectivity index (χ2v) is 6.53. The lowest BCUT2D eigenvalue weighted by Crippen LogP contribution is -2.35. The number of nitrogens with one attached hydrogen (secondary N) is 1. The molecule has 0 atom stereocenters. The third kappa shape index (κ3) is 4.76. The number of rotatable bonds is 4. The smallest absolute Gasteiger partial charge is 0.0831 e. The summed E-state index contributed by atoms with van der Waals surface area (Å²) in [7, 11) is 0. The van der Waals surface area contributed by atoms with Crippen LogP contribution in [-0.2, 0) is 13.1 Å². The Hall–Kier alpha value is -1.20. The summed E-state index contributed by atoms with van der Waals surface area (Å²) in [5.41, 5.74) is 2.33. The highest BCUT2D eigenvalue weighted by Crippen LogP contribution is 2.09. The van der Waals surface area contributed by atoms with E-state index in [1.54, 1.807) is 6.20 Å². The van der Waals surface area contributed by atoms with E-state index in [1.807, 2.05) is 17.1 Å². The zero-order valence-electron chi connectivity index (χ0n) is 11.5. The van der Waals surface area contributed by atoms with Crippen LogP contribution >= 0.6 is 15.9 Å². The van der Waals surface area contributed by atoms with Crippen LogP contribution in [0.3, 0.4) is 0 Å². The third-order valence-corrected chi connectivity index (χ3v) is 3.04. The summed E-state index contributed by atoms with van der Waals surface area (Å²) in [5.74, 6) is 0. The van der Waals surface area contributed by atoms with Crippen LogP contribution in [0.2, 0.25) is 0 Å². The second-order valence-electron chi connectivity index (χ2n) is 5.62. The van der Waals surface area contributed by atoms with E-state index in [2.05, 4.69) is 64.2 Å². The topological polar surface area (TPSA) is 42.7 Å². The van der Waals surface area contributed by atoms with Gasteiger partial charge >= 0.3 is 0 Å². The van der Waals surface area contributed by atoms with Gasteiger partial charge in [-0.2, -0.15) is 5.10 Å². The molecule has 2 heterocycles. The lowest BCUT2D eigenvalue weighted by Gasteiger charge is -2.20. The number of hydrogen-bond acceptors (Lipinski definition) is 3. The molecule has 2 aromatic heterocycles. The number of pyridine rings is 1. The van der Waals surface area contributed by atoms with Crippen molar-refractivity contribution < 1.29 is 0 Å². The summed E-state index contributed by atoms with van der Waals surface area (Å²) < 4.78 is 2.85. The molecule has 102 valence electrons. The number of nitrogens with zero attached hydrogens (tertiary/aromatic N) is 3. The van der Waals surface area contributed by atoms with Crippen molar-refractivity contribution in [3.05, 3.63) is 46.5 Å². The summed E-state index contributed by atoms with van der Waals surface area (Å²) in [6.07, 6.45) is 5.64. The Morgan fingerprint density at radius 3 is 2.58 bits per heavy atom. The molecule has 0 bridgehead atoms. The van der Waals surface area contributed by atoms with Crippen LogP contribution in [0.15, 0.2) is 35.2 Å². The minimum Gasteiger partial charge on any atom is -0.308 e. The quantitative estimate of drug-likeness (QED) is 0.941. The molecule has 19 heavy (non-hydrogen) atoms. The molecule has 0 fully saturated rings. The SMILES string of the molecule is CC(C)(C)NCc1ccc(Cn2cc(Br)cn2)nc1. The maximum atomic E-state index is 4.47. The van der Waals surface area contributed by atoms with Gasteiger partial charge in [0, 0.05) is 24.5 Å². The molecule has 2 aromatic rings. The summed E-state index contributed by atoms with van der Waals surface area (Å²) >= 11 is 3.38. The molecule has 0 saturated heterocycles. The molecular formula is C14H19BrN4. The van der Waals surface area contributed by atoms with Crippen LogP contribution in [0.4, 0.5) is 0 Å². The van der Waals surface area contributed by atoms with Gasteiger partial charge in [-0.1, -0.05) is 6.07 Å². The van der Waals surface area contributed by atoms with Crippen LogP contribution < -0.4 is 5.32 Å². The largest absolute Gasteiger partial charge is 0.308 e. The van der Waals surface area contributed by atoms with Gasteiger partial charge in [-0.05, 0) is 48.3 Å². The molecule has 0 aliphatic carbocycles. The summed E-state index contributed by atoms with van der Waals surface area (Å²) in [4.78, 5) is 4.47. The van der Waals surface area contributed by atoms with Crippen molar-refractivity contribution >= 4 is 15.9 Å². The van der Waals surface area contributed by atoms with Crippen molar-refractivity contribution in [1.29, 1.82) is 0 Å². The molecule has 0 unspecified atom stereocenters. The molecular weight excluding hydrogens is 304 g/mol. The molecule has 0 aliphatic heterocycles. The fourth-order valence-corrected chi connectivity index (χ4v) is 1.94. The monoisotopic (exact) mass is 322 g/mol. The Labute approximate surface area is 122 Å². The van der Waals surface area contributed by atoms with E-state index < -0.39 is 0 Å². The Balaban J connectivity index is 1.95. The van der Waals surface area contributed by atoms with Gasteiger partial charge < -0.3 is 5.32 Å². The van der Waals surface area contributed by atoms with E-state index in [4.69, 9.17) is 0 Å². The Morgan fingerprint density at radius 1 is 1.26 bits per heavy atom. The van der Waals surface area contributed by atoms with Gasteiger partial charge in [-0.15, -0.1) is 0 Å². The van der Waals surface area contributed by atoms with Crippen LogP contribution in [-0.4, -0.2) is 20.3 Å². The molecule has 1 N–H and O–H groups in total. The van der Waals surface area contributed by atoms with E-state index in [9.17, 15) is 0 Å². The maximum Gasteiger partial charge on any atom is 0.0831 e. The van der Waals surface area contributed by atoms with Gasteiger partial charge in [0.1, 0.15) is 0 Å². The van der Waals surface area contributed by atoms with E-state index in [-0.39, 0.29) is 5.54 Å². The minimum absolute atomic E-state index is 0.125. The lowest BCUT2D eigenvalue weighted by atomic mass is 10.1. The van der Waals surface area contributed by atoms with Crippen molar-refractivity contribution in [2.45, 2.75) is 39.4 Å². The molecule has 2 rings (SSSR count).